The van der Waals surface area contributed by atoms with Crippen LogP contribution < -0.4 is 15.0 Å². The van der Waals surface area contributed by atoms with Gasteiger partial charge in [0.05, 0.1) is 30.1 Å². The molecule has 34 heavy (non-hydrogen) atoms. The molecule has 1 atom stereocenters. The Balaban J connectivity index is 1.16. The highest BCUT2D eigenvalue weighted by Gasteiger charge is 2.26. The molecule has 0 unspecified atom stereocenters. The number of carbonyl (C=O) groups excluding carboxylic acids is 1. The van der Waals surface area contributed by atoms with Gasteiger partial charge in [0, 0.05) is 24.0 Å². The van der Waals surface area contributed by atoms with Gasteiger partial charge in [-0.1, -0.05) is 6.07 Å². The lowest BCUT2D eigenvalue weighted by molar-refractivity contribution is -0.125. The quantitative estimate of drug-likeness (QED) is 0.397. The number of thiazole rings is 1. The Morgan fingerprint density at radius 3 is 2.76 bits per heavy atom. The fraction of sp³-hybridized carbons (Fsp3) is 0.280. The normalized spacial score (nSPS) is 15.8. The maximum atomic E-state index is 12.9. The van der Waals surface area contributed by atoms with E-state index >= 15 is 0 Å². The van der Waals surface area contributed by atoms with Crippen molar-refractivity contribution in [2.75, 3.05) is 25.1 Å². The zero-order chi connectivity index (χ0) is 23.3. The van der Waals surface area contributed by atoms with E-state index in [1.165, 1.54) is 0 Å². The van der Waals surface area contributed by atoms with Gasteiger partial charge in [-0.25, -0.2) is 4.98 Å². The Hall–Kier alpha value is -3.30. The van der Waals surface area contributed by atoms with E-state index < -0.39 is 0 Å². The minimum Gasteiger partial charge on any atom is -0.497 e. The lowest BCUT2D eigenvalue weighted by Crippen LogP contribution is -2.43. The molecule has 1 aromatic carbocycles. The van der Waals surface area contributed by atoms with Gasteiger partial charge in [-0.2, -0.15) is 0 Å². The lowest BCUT2D eigenvalue weighted by Gasteiger charge is -2.32. The first-order valence-electron chi connectivity index (χ1n) is 11.2. The highest BCUT2D eigenvalue weighted by molar-refractivity contribution is 7.13. The van der Waals surface area contributed by atoms with Crippen LogP contribution >= 0.6 is 22.7 Å². The van der Waals surface area contributed by atoms with Crippen LogP contribution in [0, 0.1) is 5.92 Å². The molecule has 4 aromatic rings. The molecule has 1 N–H and O–H groups in total. The molecule has 5 rings (SSSR count). The predicted molar refractivity (Wildman–Crippen MR) is 136 cm³/mol. The minimum atomic E-state index is -0.0767. The number of nitrogens with one attached hydrogen (secondary N) is 1. The predicted octanol–water partition coefficient (Wildman–Crippen LogP) is 4.87. The second kappa shape index (κ2) is 10.3. The summed E-state index contributed by atoms with van der Waals surface area (Å²) in [4.78, 5) is 20.8. The van der Waals surface area contributed by atoms with E-state index in [1.54, 1.807) is 29.8 Å². The first kappa shape index (κ1) is 22.5. The van der Waals surface area contributed by atoms with Gasteiger partial charge in [0.15, 0.2) is 5.82 Å². The number of rotatable bonds is 7. The number of methoxy groups -OCH3 is 1. The molecule has 1 amide bonds. The average molecular weight is 492 g/mol. The van der Waals surface area contributed by atoms with E-state index in [9.17, 15) is 4.79 Å². The summed E-state index contributed by atoms with van der Waals surface area (Å²) in [6.07, 6.45) is 1.82. The number of hydrogen-bond donors (Lipinski definition) is 1. The van der Waals surface area contributed by atoms with Crippen molar-refractivity contribution >= 4 is 34.4 Å². The van der Waals surface area contributed by atoms with Gasteiger partial charge in [-0.3, -0.25) is 4.79 Å². The highest BCUT2D eigenvalue weighted by Crippen LogP contribution is 2.27. The largest absolute Gasteiger partial charge is 0.497 e. The topological polar surface area (TPSA) is 80.2 Å². The fourth-order valence-electron chi connectivity index (χ4n) is 4.03. The molecule has 3 aromatic heterocycles. The molecule has 0 spiro atoms. The summed E-state index contributed by atoms with van der Waals surface area (Å²) in [6, 6.07) is 15.9. The maximum absolute atomic E-state index is 12.9. The standard InChI is InChI=1S/C25H25N5O2S2/c1-32-20-8-6-17(7-9-20)25-27-19(16-34-25)14-26-24(31)18-4-2-12-30(15-18)23-11-10-21(28-29-23)22-5-3-13-33-22/h3,5-11,13,16,18H,2,4,12,14-15H2,1H3,(H,26,31)/t18-/m1/s1. The average Bonchev–Trinajstić information content (AvgIpc) is 3.60. The number of amides is 1. The molecular formula is C25H25N5O2S2. The van der Waals surface area contributed by atoms with Crippen LogP contribution in [0.5, 0.6) is 5.75 Å². The molecule has 0 radical (unpaired) electrons. The number of thiophene rings is 1. The third-order valence-electron chi connectivity index (χ3n) is 5.87. The Morgan fingerprint density at radius 2 is 2.03 bits per heavy atom. The zero-order valence-electron chi connectivity index (χ0n) is 18.8. The van der Waals surface area contributed by atoms with Crippen LogP contribution in [0.1, 0.15) is 18.5 Å². The van der Waals surface area contributed by atoms with E-state index in [-0.39, 0.29) is 11.8 Å². The summed E-state index contributed by atoms with van der Waals surface area (Å²) in [7, 11) is 1.65. The Morgan fingerprint density at radius 1 is 1.15 bits per heavy atom. The van der Waals surface area contributed by atoms with E-state index in [1.807, 2.05) is 59.3 Å². The van der Waals surface area contributed by atoms with Crippen LogP contribution in [-0.2, 0) is 11.3 Å². The molecule has 0 aliphatic carbocycles. The summed E-state index contributed by atoms with van der Waals surface area (Å²) in [6.45, 7) is 1.96. The van der Waals surface area contributed by atoms with Crippen molar-refractivity contribution in [3.63, 3.8) is 0 Å². The molecule has 9 heteroatoms. The summed E-state index contributed by atoms with van der Waals surface area (Å²) >= 11 is 3.22. The molecule has 1 saturated heterocycles. The molecule has 4 heterocycles. The van der Waals surface area contributed by atoms with Crippen LogP contribution in [0.3, 0.4) is 0 Å². The van der Waals surface area contributed by atoms with E-state index in [4.69, 9.17) is 4.74 Å². The zero-order valence-corrected chi connectivity index (χ0v) is 20.4. The molecular weight excluding hydrogens is 466 g/mol. The minimum absolute atomic E-state index is 0.0619. The summed E-state index contributed by atoms with van der Waals surface area (Å²) in [5, 5.41) is 16.8. The smallest absolute Gasteiger partial charge is 0.225 e. The van der Waals surface area contributed by atoms with Crippen LogP contribution in [0.2, 0.25) is 0 Å². The SMILES string of the molecule is COc1ccc(-c2nc(CNC(=O)[C@@H]3CCCN(c4ccc(-c5cccs5)nn4)C3)cs2)cc1. The fourth-order valence-corrected chi connectivity index (χ4v) is 5.54. The number of aromatic nitrogens is 3. The van der Waals surface area contributed by atoms with Crippen molar-refractivity contribution < 1.29 is 9.53 Å². The second-order valence-electron chi connectivity index (χ2n) is 8.13. The Bertz CT molecular complexity index is 1220. The number of hydrogen-bond acceptors (Lipinski definition) is 8. The first-order chi connectivity index (χ1) is 16.7. The van der Waals surface area contributed by atoms with Gasteiger partial charge in [0.1, 0.15) is 16.5 Å². The van der Waals surface area contributed by atoms with Gasteiger partial charge in [0.25, 0.3) is 0 Å². The third kappa shape index (κ3) is 5.10. The molecule has 174 valence electrons. The van der Waals surface area contributed by atoms with Crippen LogP contribution in [0.15, 0.2) is 59.3 Å². The molecule has 0 bridgehead atoms. The number of piperidine rings is 1. The van der Waals surface area contributed by atoms with Crippen molar-refractivity contribution in [1.29, 1.82) is 0 Å². The van der Waals surface area contributed by atoms with Crippen molar-refractivity contribution in [3.8, 4) is 26.9 Å². The number of nitrogens with zero attached hydrogens (tertiary/aromatic N) is 4. The maximum Gasteiger partial charge on any atom is 0.225 e. The van der Waals surface area contributed by atoms with Crippen molar-refractivity contribution in [3.05, 3.63) is 65.0 Å². The Labute approximate surface area is 206 Å². The number of carbonyl (C=O) groups is 1. The van der Waals surface area contributed by atoms with Gasteiger partial charge in [-0.05, 0) is 60.7 Å². The van der Waals surface area contributed by atoms with Crippen LogP contribution in [-0.4, -0.2) is 41.3 Å². The van der Waals surface area contributed by atoms with Crippen LogP contribution in [0.25, 0.3) is 21.1 Å². The summed E-state index contributed by atoms with van der Waals surface area (Å²) in [5.74, 6) is 1.62. The summed E-state index contributed by atoms with van der Waals surface area (Å²) < 4.78 is 5.21. The monoisotopic (exact) mass is 491 g/mol. The van der Waals surface area contributed by atoms with Crippen molar-refractivity contribution in [2.45, 2.75) is 19.4 Å². The van der Waals surface area contributed by atoms with E-state index in [2.05, 4.69) is 25.4 Å². The van der Waals surface area contributed by atoms with Crippen molar-refractivity contribution in [1.82, 2.24) is 20.5 Å². The van der Waals surface area contributed by atoms with Gasteiger partial charge in [0.2, 0.25) is 5.91 Å². The number of benzene rings is 1. The van der Waals surface area contributed by atoms with Crippen LogP contribution in [0.4, 0.5) is 5.82 Å². The van der Waals surface area contributed by atoms with Crippen molar-refractivity contribution in [2.24, 2.45) is 5.92 Å². The van der Waals surface area contributed by atoms with Gasteiger partial charge in [-0.15, -0.1) is 32.9 Å². The Kier molecular flexibility index (Phi) is 6.82. The highest BCUT2D eigenvalue weighted by atomic mass is 32.1. The molecule has 7 nitrogen and oxygen atoms in total. The molecule has 1 fully saturated rings. The molecule has 1 aliphatic rings. The third-order valence-corrected chi connectivity index (χ3v) is 7.71. The lowest BCUT2D eigenvalue weighted by atomic mass is 9.97. The van der Waals surface area contributed by atoms with Gasteiger partial charge >= 0.3 is 0 Å². The number of ether oxygens (including phenoxy) is 1. The number of anilines is 1. The molecule has 0 saturated carbocycles. The van der Waals surface area contributed by atoms with Gasteiger partial charge < -0.3 is 15.0 Å². The summed E-state index contributed by atoms with van der Waals surface area (Å²) in [5.41, 5.74) is 2.78. The van der Waals surface area contributed by atoms with E-state index in [0.29, 0.717) is 13.1 Å². The first-order valence-corrected chi connectivity index (χ1v) is 12.9. The van der Waals surface area contributed by atoms with E-state index in [0.717, 1.165) is 57.8 Å². The molecule has 1 aliphatic heterocycles. The second-order valence-corrected chi connectivity index (χ2v) is 9.94.